The molecule has 1 aliphatic carbocycles. The highest BCUT2D eigenvalue weighted by Crippen LogP contribution is 2.33. The highest BCUT2D eigenvalue weighted by atomic mass is 16.5. The number of rotatable bonds is 6. The molecule has 1 heterocycles. The lowest BCUT2D eigenvalue weighted by Crippen LogP contribution is -2.56. The summed E-state index contributed by atoms with van der Waals surface area (Å²) in [5.74, 6) is -0.0000530. The van der Waals surface area contributed by atoms with E-state index in [0.29, 0.717) is 19.7 Å². The minimum absolute atomic E-state index is 0.0000530. The third-order valence-electron chi connectivity index (χ3n) is 6.39. The number of likely N-dealkylation sites (N-methyl/N-ethyl adjacent to an activating group) is 1. The predicted octanol–water partition coefficient (Wildman–Crippen LogP) is 2.10. The molecule has 5 nitrogen and oxygen atoms in total. The molecule has 0 aromatic heterocycles. The number of carbonyl (C=O) groups excluding carboxylic acids is 1. The van der Waals surface area contributed by atoms with Crippen molar-refractivity contribution in [3.05, 3.63) is 71.3 Å². The number of morpholine rings is 1. The summed E-state index contributed by atoms with van der Waals surface area (Å²) in [5.41, 5.74) is 3.97. The van der Waals surface area contributed by atoms with Gasteiger partial charge in [-0.3, -0.25) is 9.69 Å². The van der Waals surface area contributed by atoms with Crippen molar-refractivity contribution in [2.75, 3.05) is 40.3 Å². The first-order chi connectivity index (χ1) is 14.1. The van der Waals surface area contributed by atoms with Crippen molar-refractivity contribution in [2.24, 2.45) is 0 Å². The van der Waals surface area contributed by atoms with E-state index in [0.717, 1.165) is 25.9 Å². The summed E-state index contributed by atoms with van der Waals surface area (Å²) in [6.07, 6.45) is 1.51. The van der Waals surface area contributed by atoms with Crippen LogP contribution in [-0.4, -0.2) is 67.7 Å². The van der Waals surface area contributed by atoms with E-state index in [1.165, 1.54) is 16.7 Å². The van der Waals surface area contributed by atoms with E-state index >= 15 is 0 Å². The van der Waals surface area contributed by atoms with Crippen molar-refractivity contribution in [3.63, 3.8) is 0 Å². The summed E-state index contributed by atoms with van der Waals surface area (Å²) in [5, 5.41) is 3.20. The van der Waals surface area contributed by atoms with Gasteiger partial charge in [0.05, 0.1) is 6.61 Å². The molecule has 1 amide bonds. The maximum atomic E-state index is 12.9. The molecule has 1 fully saturated rings. The van der Waals surface area contributed by atoms with Gasteiger partial charge in [0.25, 0.3) is 5.91 Å². The van der Waals surface area contributed by atoms with E-state index in [1.54, 1.807) is 0 Å². The minimum Gasteiger partial charge on any atom is -0.366 e. The Balaban J connectivity index is 1.35. The van der Waals surface area contributed by atoms with E-state index in [1.807, 2.05) is 6.07 Å². The molecule has 5 heteroatoms. The summed E-state index contributed by atoms with van der Waals surface area (Å²) in [6.45, 7) is 3.57. The summed E-state index contributed by atoms with van der Waals surface area (Å²) in [4.78, 5) is 17.5. The van der Waals surface area contributed by atoms with Crippen LogP contribution in [0.3, 0.4) is 0 Å². The Hall–Kier alpha value is -2.21. The fourth-order valence-corrected chi connectivity index (χ4v) is 4.49. The first-order valence-corrected chi connectivity index (χ1v) is 10.5. The molecule has 1 unspecified atom stereocenters. The molecule has 1 aliphatic heterocycles. The van der Waals surface area contributed by atoms with Crippen molar-refractivity contribution < 1.29 is 9.53 Å². The van der Waals surface area contributed by atoms with Crippen molar-refractivity contribution >= 4 is 5.91 Å². The van der Waals surface area contributed by atoms with Crippen LogP contribution >= 0.6 is 0 Å². The second kappa shape index (κ2) is 8.66. The molecule has 4 rings (SSSR count). The van der Waals surface area contributed by atoms with E-state index in [-0.39, 0.29) is 11.4 Å². The Labute approximate surface area is 173 Å². The lowest BCUT2D eigenvalue weighted by Gasteiger charge is -2.38. The summed E-state index contributed by atoms with van der Waals surface area (Å²) >= 11 is 0. The van der Waals surface area contributed by atoms with Crippen molar-refractivity contribution in [1.29, 1.82) is 0 Å². The molecule has 1 saturated heterocycles. The normalized spacial score (nSPS) is 21.1. The molecule has 0 radical (unpaired) electrons. The Bertz CT molecular complexity index is 812. The van der Waals surface area contributed by atoms with Crippen molar-refractivity contribution in [2.45, 2.75) is 31.0 Å². The molecule has 154 valence electrons. The molecular weight excluding hydrogens is 362 g/mol. The third-order valence-corrected chi connectivity index (χ3v) is 6.39. The number of benzene rings is 2. The zero-order chi connectivity index (χ0) is 20.3. The number of hydrogen-bond acceptors (Lipinski definition) is 4. The number of ether oxygens (including phenoxy) is 1. The van der Waals surface area contributed by atoms with E-state index < -0.39 is 6.10 Å². The number of fused-ring (bicyclic) bond motifs is 1. The number of amides is 1. The highest BCUT2D eigenvalue weighted by Gasteiger charge is 2.40. The van der Waals surface area contributed by atoms with Crippen LogP contribution in [0.2, 0.25) is 0 Å². The topological polar surface area (TPSA) is 44.8 Å². The summed E-state index contributed by atoms with van der Waals surface area (Å²) in [7, 11) is 4.22. The predicted molar refractivity (Wildman–Crippen MR) is 115 cm³/mol. The van der Waals surface area contributed by atoms with Gasteiger partial charge in [0.1, 0.15) is 6.10 Å². The number of carbonyl (C=O) groups is 1. The Kier molecular flexibility index (Phi) is 5.99. The lowest BCUT2D eigenvalue weighted by atomic mass is 9.94. The van der Waals surface area contributed by atoms with Crippen molar-refractivity contribution in [1.82, 2.24) is 15.1 Å². The van der Waals surface area contributed by atoms with Crippen LogP contribution in [-0.2, 0) is 28.9 Å². The average Bonchev–Trinajstić information content (AvgIpc) is 3.13. The van der Waals surface area contributed by atoms with Crippen LogP contribution in [0.5, 0.6) is 0 Å². The van der Waals surface area contributed by atoms with Gasteiger partial charge in [-0.25, -0.2) is 0 Å². The maximum absolute atomic E-state index is 12.9. The second-order valence-corrected chi connectivity index (χ2v) is 8.54. The standard InChI is InChI=1S/C24H31N3O2/c1-26(2)24(14-20-10-6-7-11-21(20)15-24)18-25-23(28)22-17-27(12-13-29-22)16-19-8-4-3-5-9-19/h3-11,22H,12-18H2,1-2H3,(H,25,28). The first-order valence-electron chi connectivity index (χ1n) is 10.5. The fraction of sp³-hybridized carbons (Fsp3) is 0.458. The van der Waals surface area contributed by atoms with Crippen LogP contribution in [0.4, 0.5) is 0 Å². The van der Waals surface area contributed by atoms with Crippen LogP contribution in [0.25, 0.3) is 0 Å². The van der Waals surface area contributed by atoms with E-state index in [9.17, 15) is 4.79 Å². The Morgan fingerprint density at radius 1 is 1.10 bits per heavy atom. The second-order valence-electron chi connectivity index (χ2n) is 8.54. The van der Waals surface area contributed by atoms with Gasteiger partial charge >= 0.3 is 0 Å². The molecule has 1 atom stereocenters. The largest absolute Gasteiger partial charge is 0.366 e. The van der Waals surface area contributed by atoms with E-state index in [2.05, 4.69) is 77.7 Å². The Morgan fingerprint density at radius 2 is 1.76 bits per heavy atom. The summed E-state index contributed by atoms with van der Waals surface area (Å²) in [6, 6.07) is 19.0. The van der Waals surface area contributed by atoms with Gasteiger partial charge in [-0.15, -0.1) is 0 Å². The molecule has 0 saturated carbocycles. The molecule has 1 N–H and O–H groups in total. The molecule has 0 spiro atoms. The molecule has 2 aromatic rings. The average molecular weight is 394 g/mol. The van der Waals surface area contributed by atoms with Gasteiger partial charge in [0.2, 0.25) is 0 Å². The molecule has 29 heavy (non-hydrogen) atoms. The molecule has 2 aliphatic rings. The zero-order valence-electron chi connectivity index (χ0n) is 17.4. The van der Waals surface area contributed by atoms with Gasteiger partial charge in [0.15, 0.2) is 0 Å². The zero-order valence-corrected chi connectivity index (χ0v) is 17.4. The SMILES string of the molecule is CN(C)C1(CNC(=O)C2CN(Cc3ccccc3)CCO2)Cc2ccccc2C1. The number of nitrogens with one attached hydrogen (secondary N) is 1. The van der Waals surface area contributed by atoms with Crippen LogP contribution < -0.4 is 5.32 Å². The fourth-order valence-electron chi connectivity index (χ4n) is 4.49. The lowest BCUT2D eigenvalue weighted by molar-refractivity contribution is -0.139. The van der Waals surface area contributed by atoms with Gasteiger partial charge in [-0.2, -0.15) is 0 Å². The molecular formula is C24H31N3O2. The third kappa shape index (κ3) is 4.53. The van der Waals surface area contributed by atoms with Gasteiger partial charge in [0, 0.05) is 31.7 Å². The smallest absolute Gasteiger partial charge is 0.250 e. The first kappa shape index (κ1) is 20.1. The van der Waals surface area contributed by atoms with Gasteiger partial charge in [-0.05, 0) is 43.6 Å². The van der Waals surface area contributed by atoms with Crippen LogP contribution in [0.15, 0.2) is 54.6 Å². The summed E-state index contributed by atoms with van der Waals surface area (Å²) < 4.78 is 5.81. The minimum atomic E-state index is -0.407. The van der Waals surface area contributed by atoms with Gasteiger partial charge in [-0.1, -0.05) is 54.6 Å². The molecule has 2 aromatic carbocycles. The van der Waals surface area contributed by atoms with E-state index in [4.69, 9.17) is 4.74 Å². The highest BCUT2D eigenvalue weighted by molar-refractivity contribution is 5.81. The monoisotopic (exact) mass is 393 g/mol. The van der Waals surface area contributed by atoms with Gasteiger partial charge < -0.3 is 15.0 Å². The Morgan fingerprint density at radius 3 is 2.41 bits per heavy atom. The quantitative estimate of drug-likeness (QED) is 0.817. The van der Waals surface area contributed by atoms with Crippen molar-refractivity contribution in [3.8, 4) is 0 Å². The number of nitrogens with zero attached hydrogens (tertiary/aromatic N) is 2. The number of hydrogen-bond donors (Lipinski definition) is 1. The van der Waals surface area contributed by atoms with Crippen LogP contribution in [0, 0.1) is 0 Å². The maximum Gasteiger partial charge on any atom is 0.250 e. The molecule has 0 bridgehead atoms. The van der Waals surface area contributed by atoms with Crippen LogP contribution in [0.1, 0.15) is 16.7 Å².